The zero-order valence-electron chi connectivity index (χ0n) is 16.1. The summed E-state index contributed by atoms with van der Waals surface area (Å²) >= 11 is 0. The third-order valence-corrected chi connectivity index (χ3v) is 5.39. The van der Waals surface area contributed by atoms with E-state index in [-0.39, 0.29) is 0 Å². The molecule has 0 aromatic heterocycles. The Bertz CT molecular complexity index is 821. The second-order valence-electron chi connectivity index (χ2n) is 7.48. The summed E-state index contributed by atoms with van der Waals surface area (Å²) in [7, 11) is 3.76. The van der Waals surface area contributed by atoms with Crippen molar-refractivity contribution in [2.75, 3.05) is 0 Å². The van der Waals surface area contributed by atoms with Gasteiger partial charge < -0.3 is 15.0 Å². The topological polar surface area (TPSA) is 92.8 Å². The molecule has 1 saturated heterocycles. The van der Waals surface area contributed by atoms with Gasteiger partial charge in [-0.1, -0.05) is 24.8 Å². The van der Waals surface area contributed by atoms with Crippen LogP contribution in [0, 0.1) is 0 Å². The van der Waals surface area contributed by atoms with E-state index in [0.29, 0.717) is 11.1 Å². The van der Waals surface area contributed by atoms with Crippen LogP contribution in [0.5, 0.6) is 0 Å². The van der Waals surface area contributed by atoms with Gasteiger partial charge in [-0.15, -0.1) is 0 Å². The molecule has 2 amide bonds. The summed E-state index contributed by atoms with van der Waals surface area (Å²) in [6.07, 6.45) is 0. The van der Waals surface area contributed by atoms with Gasteiger partial charge in [-0.2, -0.15) is 0 Å². The summed E-state index contributed by atoms with van der Waals surface area (Å²) in [6, 6.07) is 6.02. The monoisotopic (exact) mass is 426 g/mol. The van der Waals surface area contributed by atoms with Gasteiger partial charge in [0.25, 0.3) is 5.91 Å². The van der Waals surface area contributed by atoms with Gasteiger partial charge in [0.15, 0.2) is 11.4 Å². The van der Waals surface area contributed by atoms with E-state index in [1.165, 1.54) is 0 Å². The molecule has 4 unspecified atom stereocenters. The van der Waals surface area contributed by atoms with Gasteiger partial charge in [0.2, 0.25) is 5.91 Å². The summed E-state index contributed by atoms with van der Waals surface area (Å²) in [4.78, 5) is 38.7. The first-order valence-corrected chi connectivity index (χ1v) is 10.6. The number of carbonyl (C=O) groups is 3. The van der Waals surface area contributed by atoms with Gasteiger partial charge in [0.05, 0.1) is 0 Å². The van der Waals surface area contributed by atoms with Crippen LogP contribution in [0.25, 0.3) is 0 Å². The number of esters is 1. The lowest BCUT2D eigenvalue weighted by molar-refractivity contribution is -0.169. The van der Waals surface area contributed by atoms with Crippen LogP contribution in [0.1, 0.15) is 38.1 Å². The molecule has 1 aliphatic rings. The highest BCUT2D eigenvalue weighted by atomic mass is 35.7. The number of rotatable bonds is 6. The minimum atomic E-state index is -2.04. The predicted molar refractivity (Wildman–Crippen MR) is 107 cm³/mol. The number of amides is 2. The minimum absolute atomic E-state index is 0.336. The highest BCUT2D eigenvalue weighted by Gasteiger charge is 2.56. The maximum absolute atomic E-state index is 12.7. The number of likely N-dealkylation sites (tertiary alicyclic amines) is 1. The van der Waals surface area contributed by atoms with E-state index in [2.05, 4.69) is 11.9 Å². The number of carbonyl (C=O) groups excluding carboxylic acids is 3. The Labute approximate surface area is 171 Å². The Kier molecular flexibility index (Phi) is 6.67. The average Bonchev–Trinajstić information content (AvgIpc) is 2.58. The van der Waals surface area contributed by atoms with Crippen molar-refractivity contribution in [1.82, 2.24) is 10.2 Å². The van der Waals surface area contributed by atoms with Crippen LogP contribution < -0.4 is 5.32 Å². The number of hydrogen-bond donors (Lipinski definition) is 1. The van der Waals surface area contributed by atoms with Crippen molar-refractivity contribution in [1.29, 1.82) is 0 Å². The van der Waals surface area contributed by atoms with Gasteiger partial charge in [-0.05, 0) is 56.1 Å². The van der Waals surface area contributed by atoms with Crippen molar-refractivity contribution >= 4 is 38.5 Å². The molecule has 0 aliphatic carbocycles. The maximum atomic E-state index is 12.7. The van der Waals surface area contributed by atoms with E-state index in [1.54, 1.807) is 58.0 Å². The average molecular weight is 427 g/mol. The molecule has 1 aliphatic heterocycles. The maximum Gasteiger partial charge on any atom is 0.333 e. The molecule has 9 heteroatoms. The van der Waals surface area contributed by atoms with Crippen LogP contribution in [0.3, 0.4) is 0 Å². The fourth-order valence-electron chi connectivity index (χ4n) is 2.81. The highest BCUT2D eigenvalue weighted by Crippen LogP contribution is 2.31. The van der Waals surface area contributed by atoms with E-state index < -0.39 is 50.9 Å². The molecule has 0 spiro atoms. The lowest BCUT2D eigenvalue weighted by Gasteiger charge is -2.48. The Morgan fingerprint density at radius 2 is 1.86 bits per heavy atom. The van der Waals surface area contributed by atoms with Gasteiger partial charge in [-0.3, -0.25) is 9.59 Å². The molecule has 1 aromatic rings. The Hall–Kier alpha value is -2.19. The molecule has 0 bridgehead atoms. The summed E-state index contributed by atoms with van der Waals surface area (Å²) < 4.78 is 17.5. The molecular weight excluding hydrogens is 404 g/mol. The normalized spacial score (nSPS) is 21.3. The van der Waals surface area contributed by atoms with Crippen LogP contribution in [0.2, 0.25) is 0 Å². The fourth-order valence-corrected chi connectivity index (χ4v) is 4.18. The molecule has 2 rings (SSSR count). The largest absolute Gasteiger partial charge is 0.458 e. The molecule has 28 heavy (non-hydrogen) atoms. The second-order valence-corrected chi connectivity index (χ2v) is 9.38. The highest BCUT2D eigenvalue weighted by molar-refractivity contribution is 8.08. The number of benzene rings is 1. The summed E-state index contributed by atoms with van der Waals surface area (Å²) in [5.74, 6) is -1.79. The standard InChI is InChI=1S/C19H23ClN2O5S/c1-11(2)14(18(25)27-19(3,4)5)22-16(24)13(17(22)28(20)26)21-15(23)12-9-7-6-8-10-12/h6-10,13-14,17H,1H2,2-5H3,(H,21,23). The summed E-state index contributed by atoms with van der Waals surface area (Å²) in [5, 5.41) is 1.45. The number of ether oxygens (including phenoxy) is 1. The smallest absolute Gasteiger partial charge is 0.333 e. The van der Waals surface area contributed by atoms with Gasteiger partial charge >= 0.3 is 5.97 Å². The lowest BCUT2D eigenvalue weighted by Crippen LogP contribution is -2.75. The van der Waals surface area contributed by atoms with Crippen molar-refractivity contribution in [2.45, 2.75) is 50.8 Å². The molecule has 7 nitrogen and oxygen atoms in total. The first-order chi connectivity index (χ1) is 12.9. The SMILES string of the molecule is C=C(C)C(C(=O)OC(C)(C)C)N1C(=O)C(NC(=O)c2ccccc2)C1S(=O)Cl. The number of hydrogen-bond acceptors (Lipinski definition) is 5. The quantitative estimate of drug-likeness (QED) is 0.325. The lowest BCUT2D eigenvalue weighted by atomic mass is 9.98. The zero-order valence-corrected chi connectivity index (χ0v) is 17.7. The van der Waals surface area contributed by atoms with E-state index in [0.717, 1.165) is 4.90 Å². The van der Waals surface area contributed by atoms with E-state index in [9.17, 15) is 18.6 Å². The van der Waals surface area contributed by atoms with E-state index in [4.69, 9.17) is 15.4 Å². The van der Waals surface area contributed by atoms with Crippen LogP contribution in [-0.4, -0.2) is 50.0 Å². The molecular formula is C19H23ClN2O5S. The Morgan fingerprint density at radius 3 is 2.32 bits per heavy atom. The van der Waals surface area contributed by atoms with Crippen molar-refractivity contribution in [3.8, 4) is 0 Å². The van der Waals surface area contributed by atoms with Crippen LogP contribution in [0.4, 0.5) is 0 Å². The zero-order chi connectivity index (χ0) is 21.2. The molecule has 4 atom stereocenters. The van der Waals surface area contributed by atoms with Crippen LogP contribution in [0.15, 0.2) is 42.5 Å². The van der Waals surface area contributed by atoms with Gasteiger partial charge in [0.1, 0.15) is 21.7 Å². The van der Waals surface area contributed by atoms with Gasteiger partial charge in [0, 0.05) is 5.56 Å². The molecule has 1 aromatic carbocycles. The molecule has 1 fully saturated rings. The van der Waals surface area contributed by atoms with Crippen molar-refractivity contribution < 1.29 is 23.3 Å². The van der Waals surface area contributed by atoms with E-state index in [1.807, 2.05) is 0 Å². The molecule has 0 saturated carbocycles. The van der Waals surface area contributed by atoms with Crippen molar-refractivity contribution in [2.24, 2.45) is 0 Å². The third kappa shape index (κ3) is 4.80. The van der Waals surface area contributed by atoms with Crippen molar-refractivity contribution in [3.05, 3.63) is 48.0 Å². The van der Waals surface area contributed by atoms with Gasteiger partial charge in [-0.25, -0.2) is 9.00 Å². The second kappa shape index (κ2) is 8.45. The Balaban J connectivity index is 2.24. The molecule has 1 heterocycles. The van der Waals surface area contributed by atoms with E-state index >= 15 is 0 Å². The Morgan fingerprint density at radius 1 is 1.29 bits per heavy atom. The molecule has 0 radical (unpaired) electrons. The van der Waals surface area contributed by atoms with Crippen LogP contribution >= 0.6 is 10.7 Å². The number of nitrogens with one attached hydrogen (secondary N) is 1. The predicted octanol–water partition coefficient (Wildman–Crippen LogP) is 2.14. The number of halogens is 1. The third-order valence-electron chi connectivity index (χ3n) is 3.97. The number of nitrogens with zero attached hydrogens (tertiary/aromatic N) is 1. The number of β-lactam (4-membered cyclic amide) rings is 1. The van der Waals surface area contributed by atoms with Crippen LogP contribution in [-0.2, 0) is 24.3 Å². The minimum Gasteiger partial charge on any atom is -0.458 e. The first-order valence-electron chi connectivity index (χ1n) is 8.57. The fraction of sp³-hybridized carbons (Fsp3) is 0.421. The molecule has 152 valence electrons. The first kappa shape index (κ1) is 22.1. The summed E-state index contributed by atoms with van der Waals surface area (Å²) in [5.41, 5.74) is -0.103. The molecule has 1 N–H and O–H groups in total. The van der Waals surface area contributed by atoms with Crippen molar-refractivity contribution in [3.63, 3.8) is 0 Å². The summed E-state index contributed by atoms with van der Waals surface area (Å²) in [6.45, 7) is 10.4.